The molecule has 3 rings (SSSR count). The average molecular weight is 749 g/mol. The number of esters is 2. The van der Waals surface area contributed by atoms with Crippen molar-refractivity contribution >= 4 is 23.9 Å². The van der Waals surface area contributed by atoms with Crippen molar-refractivity contribution in [2.45, 2.75) is 172 Å². The number of nitrogens with zero attached hydrogens (tertiary/aromatic N) is 6. The van der Waals surface area contributed by atoms with Crippen LogP contribution in [-0.4, -0.2) is 64.1 Å². The first-order valence-corrected chi connectivity index (χ1v) is 19.7. The highest BCUT2D eigenvalue weighted by Crippen LogP contribution is 2.34. The first-order chi connectivity index (χ1) is 24.8. The molecule has 1 aliphatic heterocycles. The number of ether oxygens (including phenoxy) is 1. The molecule has 2 aromatic rings. The van der Waals surface area contributed by atoms with Gasteiger partial charge in [-0.2, -0.15) is 0 Å². The lowest BCUT2D eigenvalue weighted by molar-refractivity contribution is -0.154. The fourth-order valence-corrected chi connectivity index (χ4v) is 5.68. The zero-order chi connectivity index (χ0) is 40.5. The summed E-state index contributed by atoms with van der Waals surface area (Å²) in [5.41, 5.74) is -0.116. The topological polar surface area (TPSA) is 179 Å². The van der Waals surface area contributed by atoms with Crippen LogP contribution in [0.15, 0.2) is 24.8 Å². The summed E-state index contributed by atoms with van der Waals surface area (Å²) >= 11 is 0. The summed E-state index contributed by atoms with van der Waals surface area (Å²) in [6.45, 7) is 21.6. The van der Waals surface area contributed by atoms with Crippen LogP contribution in [0.5, 0.6) is 0 Å². The van der Waals surface area contributed by atoms with Crippen LogP contribution >= 0.6 is 0 Å². The molecule has 0 bridgehead atoms. The summed E-state index contributed by atoms with van der Waals surface area (Å²) in [5, 5.41) is 33.0. The Labute approximate surface area is 319 Å². The van der Waals surface area contributed by atoms with Gasteiger partial charge in [0.1, 0.15) is 0 Å². The molecule has 0 radical (unpaired) electrons. The Kier molecular flexibility index (Phi) is 25.2. The zero-order valence-corrected chi connectivity index (χ0v) is 34.6. The van der Waals surface area contributed by atoms with E-state index in [2.05, 4.69) is 60.0 Å². The van der Waals surface area contributed by atoms with Gasteiger partial charge in [0, 0.05) is 25.5 Å². The van der Waals surface area contributed by atoms with Gasteiger partial charge in [-0.25, -0.2) is 0 Å². The van der Waals surface area contributed by atoms with E-state index >= 15 is 0 Å². The standard InChI is InChI=1S/2C10H19N3.C10H18O4.C10H16O3/c2*1-2-3-4-5-6-7-9-13-10-8-11-12-13;1-6(8(11)12)7(9(13)14)5-10(2,3)4;1-6-7(5-10(2,3)4)9(12)13-8(6)11/h2*8,10H,2-7,9H2,1H3;6-7H,5H2,1-4H3,(H,11,12)(H,13,14);6-7H,5H2,1-4H3. The molecule has 3 heterocycles. The van der Waals surface area contributed by atoms with Crippen molar-refractivity contribution in [1.82, 2.24) is 30.0 Å². The summed E-state index contributed by atoms with van der Waals surface area (Å²) in [4.78, 5) is 43.8. The molecule has 2 N–H and O–H groups in total. The monoisotopic (exact) mass is 749 g/mol. The summed E-state index contributed by atoms with van der Waals surface area (Å²) < 4.78 is 8.36. The van der Waals surface area contributed by atoms with Crippen LogP contribution in [0.4, 0.5) is 0 Å². The molecule has 0 saturated carbocycles. The minimum Gasteiger partial charge on any atom is -0.481 e. The van der Waals surface area contributed by atoms with E-state index in [0.29, 0.717) is 12.8 Å². The van der Waals surface area contributed by atoms with E-state index in [1.807, 2.05) is 42.5 Å². The van der Waals surface area contributed by atoms with Crippen LogP contribution in [0.3, 0.4) is 0 Å². The van der Waals surface area contributed by atoms with Crippen LogP contribution in [0, 0.1) is 34.5 Å². The van der Waals surface area contributed by atoms with Gasteiger partial charge in [0.25, 0.3) is 0 Å². The van der Waals surface area contributed by atoms with E-state index in [9.17, 15) is 19.2 Å². The Hall–Kier alpha value is -3.64. The number of rotatable bonds is 19. The molecule has 1 aliphatic rings. The lowest BCUT2D eigenvalue weighted by Crippen LogP contribution is -2.31. The van der Waals surface area contributed by atoms with Crippen LogP contribution < -0.4 is 0 Å². The van der Waals surface area contributed by atoms with Gasteiger partial charge in [-0.15, -0.1) is 10.2 Å². The fraction of sp³-hybridized carbons (Fsp3) is 0.800. The molecule has 2 aromatic heterocycles. The molecule has 0 spiro atoms. The van der Waals surface area contributed by atoms with Crippen molar-refractivity contribution in [2.24, 2.45) is 34.5 Å². The van der Waals surface area contributed by atoms with Crippen molar-refractivity contribution in [3.05, 3.63) is 24.8 Å². The number of carbonyl (C=O) groups excluding carboxylic acids is 2. The lowest BCUT2D eigenvalue weighted by Gasteiger charge is -2.25. The molecular weight excluding hydrogens is 676 g/mol. The quantitative estimate of drug-likeness (QED) is 0.0796. The summed E-state index contributed by atoms with van der Waals surface area (Å²) in [6, 6.07) is 0. The number of aryl methyl sites for hydroxylation is 2. The number of aromatic nitrogens is 6. The molecule has 13 heteroatoms. The first-order valence-electron chi connectivity index (χ1n) is 19.7. The highest BCUT2D eigenvalue weighted by Gasteiger charge is 2.42. The summed E-state index contributed by atoms with van der Waals surface area (Å²) in [6.07, 6.45) is 24.4. The molecule has 13 nitrogen and oxygen atoms in total. The van der Waals surface area contributed by atoms with Crippen molar-refractivity contribution < 1.29 is 34.1 Å². The van der Waals surface area contributed by atoms with E-state index in [0.717, 1.165) is 13.1 Å². The first kappa shape index (κ1) is 49.4. The molecule has 4 atom stereocenters. The second kappa shape index (κ2) is 27.0. The maximum atomic E-state index is 11.2. The number of carbonyl (C=O) groups is 4. The van der Waals surface area contributed by atoms with E-state index in [4.69, 9.17) is 10.2 Å². The highest BCUT2D eigenvalue weighted by molar-refractivity contribution is 5.96. The highest BCUT2D eigenvalue weighted by atomic mass is 16.6. The molecule has 53 heavy (non-hydrogen) atoms. The molecule has 0 amide bonds. The molecule has 1 fully saturated rings. The van der Waals surface area contributed by atoms with E-state index in [-0.39, 0.29) is 34.6 Å². The second-order valence-corrected chi connectivity index (χ2v) is 16.6. The van der Waals surface area contributed by atoms with Gasteiger partial charge < -0.3 is 14.9 Å². The van der Waals surface area contributed by atoms with Crippen LogP contribution in [0.25, 0.3) is 0 Å². The average Bonchev–Trinajstić information content (AvgIpc) is 3.84. The van der Waals surface area contributed by atoms with Crippen molar-refractivity contribution in [1.29, 1.82) is 0 Å². The van der Waals surface area contributed by atoms with Gasteiger partial charge >= 0.3 is 23.9 Å². The van der Waals surface area contributed by atoms with Gasteiger partial charge in [0.15, 0.2) is 0 Å². The maximum Gasteiger partial charge on any atom is 0.317 e. The third kappa shape index (κ3) is 25.1. The SMILES string of the molecule is CC(C(=O)O)C(CC(C)(C)C)C(=O)O.CC1C(=O)OC(=O)C1CC(C)(C)C.CCCCCCCCn1ccnn1.CCCCCCCCn1ccnn1. The number of hydrogen-bond donors (Lipinski definition) is 2. The van der Waals surface area contributed by atoms with Gasteiger partial charge in [-0.1, -0.05) is 144 Å². The molecular formula is C40H72N6O7. The number of aliphatic carboxylic acids is 2. The van der Waals surface area contributed by atoms with Crippen molar-refractivity contribution in [2.75, 3.05) is 0 Å². The third-order valence-electron chi connectivity index (χ3n) is 8.88. The Bertz CT molecular complexity index is 1210. The van der Waals surface area contributed by atoms with Gasteiger partial charge in [0.2, 0.25) is 0 Å². The number of hydrogen-bond acceptors (Lipinski definition) is 9. The Morgan fingerprint density at radius 1 is 0.717 bits per heavy atom. The largest absolute Gasteiger partial charge is 0.481 e. The summed E-state index contributed by atoms with van der Waals surface area (Å²) in [7, 11) is 0. The number of unbranched alkanes of at least 4 members (excludes halogenated alkanes) is 10. The normalized spacial score (nSPS) is 16.6. The third-order valence-corrected chi connectivity index (χ3v) is 8.88. The predicted molar refractivity (Wildman–Crippen MR) is 207 cm³/mol. The predicted octanol–water partition coefficient (Wildman–Crippen LogP) is 8.88. The lowest BCUT2D eigenvalue weighted by atomic mass is 9.79. The van der Waals surface area contributed by atoms with E-state index in [1.165, 1.54) is 84.0 Å². The van der Waals surface area contributed by atoms with E-state index in [1.54, 1.807) is 19.3 Å². The summed E-state index contributed by atoms with van der Waals surface area (Å²) in [5.74, 6) is -4.98. The zero-order valence-electron chi connectivity index (χ0n) is 34.6. The fourth-order valence-electron chi connectivity index (χ4n) is 5.68. The van der Waals surface area contributed by atoms with Crippen LogP contribution in [0.1, 0.15) is 159 Å². The van der Waals surface area contributed by atoms with Gasteiger partial charge in [-0.3, -0.25) is 28.5 Å². The molecule has 0 aromatic carbocycles. The molecule has 1 saturated heterocycles. The molecule has 4 unspecified atom stereocenters. The minimum absolute atomic E-state index is 0.0581. The molecule has 0 aliphatic carbocycles. The smallest absolute Gasteiger partial charge is 0.317 e. The number of cyclic esters (lactones) is 2. The second-order valence-electron chi connectivity index (χ2n) is 16.6. The number of carboxylic acids is 2. The Morgan fingerprint density at radius 3 is 1.45 bits per heavy atom. The van der Waals surface area contributed by atoms with Crippen LogP contribution in [-0.2, 0) is 37.0 Å². The van der Waals surface area contributed by atoms with Crippen molar-refractivity contribution in [3.63, 3.8) is 0 Å². The van der Waals surface area contributed by atoms with Gasteiger partial charge in [-0.05, 0) is 36.5 Å². The van der Waals surface area contributed by atoms with Crippen LogP contribution in [0.2, 0.25) is 0 Å². The van der Waals surface area contributed by atoms with Crippen molar-refractivity contribution in [3.8, 4) is 0 Å². The Morgan fingerprint density at radius 2 is 1.15 bits per heavy atom. The molecule has 304 valence electrons. The minimum atomic E-state index is -1.05. The van der Waals surface area contributed by atoms with Gasteiger partial charge in [0.05, 0.1) is 36.1 Å². The Balaban J connectivity index is 0.000000680. The van der Waals surface area contributed by atoms with E-state index < -0.39 is 23.8 Å². The number of carboxylic acid groups (broad SMARTS) is 2. The maximum absolute atomic E-state index is 11.2.